The normalized spacial score (nSPS) is 9.43. The molecule has 0 atom stereocenters. The zero-order chi connectivity index (χ0) is 5.54. The minimum atomic E-state index is 0.0278. The van der Waals surface area contributed by atoms with E-state index < -0.39 is 0 Å². The SMILES string of the molecule is [NH]CCCCC[O]. The predicted molar refractivity (Wildman–Crippen MR) is 27.4 cm³/mol. The van der Waals surface area contributed by atoms with E-state index in [2.05, 4.69) is 0 Å². The minimum Gasteiger partial charge on any atom is -0.258 e. The second-order valence-corrected chi connectivity index (χ2v) is 1.51. The van der Waals surface area contributed by atoms with E-state index in [1.54, 1.807) is 0 Å². The van der Waals surface area contributed by atoms with Crippen molar-refractivity contribution in [3.05, 3.63) is 0 Å². The van der Waals surface area contributed by atoms with Crippen molar-refractivity contribution in [2.24, 2.45) is 0 Å². The summed E-state index contributed by atoms with van der Waals surface area (Å²) in [5.41, 5.74) is 6.68. The third kappa shape index (κ3) is 5.92. The molecule has 1 N–H and O–H groups in total. The van der Waals surface area contributed by atoms with Gasteiger partial charge in [0, 0.05) is 6.54 Å². The molecule has 0 spiro atoms. The fourth-order valence-corrected chi connectivity index (χ4v) is 0.404. The van der Waals surface area contributed by atoms with Gasteiger partial charge in [0.2, 0.25) is 0 Å². The Morgan fingerprint density at radius 2 is 1.86 bits per heavy atom. The summed E-state index contributed by atoms with van der Waals surface area (Å²) < 4.78 is 0. The molecule has 0 rings (SSSR count). The molecule has 2 heteroatoms. The van der Waals surface area contributed by atoms with Crippen LogP contribution in [-0.2, 0) is 5.11 Å². The van der Waals surface area contributed by atoms with Gasteiger partial charge >= 0.3 is 0 Å². The molecule has 2 nitrogen and oxygen atoms in total. The summed E-state index contributed by atoms with van der Waals surface area (Å²) in [6, 6.07) is 0. The average Bonchev–Trinajstić information content (AvgIpc) is 1.69. The van der Waals surface area contributed by atoms with Crippen LogP contribution in [0.1, 0.15) is 19.3 Å². The van der Waals surface area contributed by atoms with Gasteiger partial charge in [-0.25, -0.2) is 5.11 Å². The standard InChI is InChI=1S/C5H11NO/c6-4-2-1-3-5-7/h6H,1-5H2. The van der Waals surface area contributed by atoms with Crippen LogP contribution in [0.15, 0.2) is 0 Å². The Morgan fingerprint density at radius 3 is 2.29 bits per heavy atom. The Balaban J connectivity index is 2.45. The third-order valence-corrected chi connectivity index (χ3v) is 0.821. The van der Waals surface area contributed by atoms with Crippen LogP contribution in [0, 0.1) is 0 Å². The Kier molecular flexibility index (Phi) is 5.85. The summed E-state index contributed by atoms with van der Waals surface area (Å²) in [6.45, 7) is 0.500. The van der Waals surface area contributed by atoms with Crippen LogP contribution in [0.2, 0.25) is 0 Å². The van der Waals surface area contributed by atoms with Crippen molar-refractivity contribution in [2.75, 3.05) is 13.2 Å². The highest BCUT2D eigenvalue weighted by Crippen LogP contribution is 1.90. The number of unbranched alkanes of at least 4 members (excludes halogenated alkanes) is 2. The topological polar surface area (TPSA) is 43.7 Å². The van der Waals surface area contributed by atoms with Gasteiger partial charge in [-0.2, -0.15) is 0 Å². The molecule has 0 aromatic heterocycles. The highest BCUT2D eigenvalue weighted by molar-refractivity contribution is 4.38. The molecule has 0 aromatic rings. The van der Waals surface area contributed by atoms with E-state index in [0.29, 0.717) is 6.54 Å². The van der Waals surface area contributed by atoms with Crippen LogP contribution in [0.4, 0.5) is 0 Å². The van der Waals surface area contributed by atoms with E-state index in [9.17, 15) is 5.11 Å². The maximum atomic E-state index is 9.74. The summed E-state index contributed by atoms with van der Waals surface area (Å²) in [5, 5.41) is 9.74. The molecule has 42 valence electrons. The van der Waals surface area contributed by atoms with E-state index >= 15 is 0 Å². The number of rotatable bonds is 4. The maximum absolute atomic E-state index is 9.74. The Bertz CT molecular complexity index is 27.3. The smallest absolute Gasteiger partial charge is 0.0822 e. The van der Waals surface area contributed by atoms with Crippen molar-refractivity contribution >= 4 is 0 Å². The van der Waals surface area contributed by atoms with Crippen LogP contribution in [-0.4, -0.2) is 13.2 Å². The molecule has 2 radical (unpaired) electrons. The van der Waals surface area contributed by atoms with E-state index in [-0.39, 0.29) is 6.61 Å². The fourth-order valence-electron chi connectivity index (χ4n) is 0.404. The maximum Gasteiger partial charge on any atom is 0.0822 e. The van der Waals surface area contributed by atoms with Crippen molar-refractivity contribution in [2.45, 2.75) is 19.3 Å². The first kappa shape index (κ1) is 6.92. The molecule has 0 bridgehead atoms. The summed E-state index contributed by atoms with van der Waals surface area (Å²) in [6.07, 6.45) is 2.58. The van der Waals surface area contributed by atoms with Crippen molar-refractivity contribution < 1.29 is 5.11 Å². The van der Waals surface area contributed by atoms with Gasteiger partial charge in [-0.3, -0.25) is 5.73 Å². The van der Waals surface area contributed by atoms with Gasteiger partial charge in [-0.15, -0.1) is 0 Å². The number of nitrogens with one attached hydrogen (secondary N) is 1. The summed E-state index contributed by atoms with van der Waals surface area (Å²) >= 11 is 0. The molecular weight excluding hydrogens is 90.1 g/mol. The molecule has 0 heterocycles. The van der Waals surface area contributed by atoms with Gasteiger partial charge in [0.25, 0.3) is 0 Å². The molecule has 0 aliphatic heterocycles. The van der Waals surface area contributed by atoms with Crippen molar-refractivity contribution in [1.29, 1.82) is 0 Å². The first-order valence-corrected chi connectivity index (χ1v) is 2.64. The van der Waals surface area contributed by atoms with Crippen molar-refractivity contribution in [1.82, 2.24) is 5.73 Å². The molecule has 7 heavy (non-hydrogen) atoms. The monoisotopic (exact) mass is 101 g/mol. The molecular formula is C5H11NO. The fraction of sp³-hybridized carbons (Fsp3) is 1.00. The largest absolute Gasteiger partial charge is 0.258 e. The lowest BCUT2D eigenvalue weighted by Gasteiger charge is -1.88. The van der Waals surface area contributed by atoms with Crippen molar-refractivity contribution in [3.8, 4) is 0 Å². The van der Waals surface area contributed by atoms with Gasteiger partial charge < -0.3 is 0 Å². The third-order valence-electron chi connectivity index (χ3n) is 0.821. The first-order valence-electron chi connectivity index (χ1n) is 2.64. The Hall–Kier alpha value is -0.0800. The van der Waals surface area contributed by atoms with Crippen molar-refractivity contribution in [3.63, 3.8) is 0 Å². The lowest BCUT2D eigenvalue weighted by molar-refractivity contribution is 0.186. The lowest BCUT2D eigenvalue weighted by atomic mass is 10.2. The van der Waals surface area contributed by atoms with Crippen LogP contribution >= 0.6 is 0 Å². The highest BCUT2D eigenvalue weighted by atomic mass is 16.2. The van der Waals surface area contributed by atoms with Crippen LogP contribution in [0.5, 0.6) is 0 Å². The number of hydrogen-bond donors (Lipinski definition) is 0. The van der Waals surface area contributed by atoms with Gasteiger partial charge in [0.15, 0.2) is 0 Å². The van der Waals surface area contributed by atoms with E-state index in [4.69, 9.17) is 5.73 Å². The number of hydrogen-bond acceptors (Lipinski definition) is 0. The van der Waals surface area contributed by atoms with Gasteiger partial charge in [-0.1, -0.05) is 0 Å². The summed E-state index contributed by atoms with van der Waals surface area (Å²) in [4.78, 5) is 0. The molecule has 0 fully saturated rings. The quantitative estimate of drug-likeness (QED) is 0.472. The summed E-state index contributed by atoms with van der Waals surface area (Å²) in [5.74, 6) is 0. The van der Waals surface area contributed by atoms with E-state index in [1.807, 2.05) is 0 Å². The van der Waals surface area contributed by atoms with Gasteiger partial charge in [0.1, 0.15) is 0 Å². The molecule has 0 aromatic carbocycles. The van der Waals surface area contributed by atoms with E-state index in [1.165, 1.54) is 0 Å². The average molecular weight is 101 g/mol. The van der Waals surface area contributed by atoms with Gasteiger partial charge in [0.05, 0.1) is 6.61 Å². The minimum absolute atomic E-state index is 0.0278. The zero-order valence-corrected chi connectivity index (χ0v) is 4.44. The van der Waals surface area contributed by atoms with Crippen LogP contribution in [0.25, 0.3) is 0 Å². The second kappa shape index (κ2) is 5.92. The molecule has 0 saturated heterocycles. The first-order chi connectivity index (χ1) is 3.41. The lowest BCUT2D eigenvalue weighted by Crippen LogP contribution is -1.86. The van der Waals surface area contributed by atoms with Gasteiger partial charge in [-0.05, 0) is 19.3 Å². The Labute approximate surface area is 44.3 Å². The molecule has 0 amide bonds. The zero-order valence-electron chi connectivity index (χ0n) is 4.44. The molecule has 0 saturated carbocycles. The molecule has 0 aliphatic rings. The summed E-state index contributed by atoms with van der Waals surface area (Å²) in [7, 11) is 0. The molecule has 0 aliphatic carbocycles. The second-order valence-electron chi connectivity index (χ2n) is 1.51. The van der Waals surface area contributed by atoms with Crippen LogP contribution < -0.4 is 5.73 Å². The highest BCUT2D eigenvalue weighted by Gasteiger charge is 1.82. The van der Waals surface area contributed by atoms with Crippen LogP contribution in [0.3, 0.4) is 0 Å². The molecule has 0 unspecified atom stereocenters. The van der Waals surface area contributed by atoms with E-state index in [0.717, 1.165) is 19.3 Å². The predicted octanol–water partition coefficient (Wildman–Crippen LogP) is 0.870. The Morgan fingerprint density at radius 1 is 1.14 bits per heavy atom.